The van der Waals surface area contributed by atoms with Crippen molar-refractivity contribution in [3.05, 3.63) is 0 Å². The zero-order valence-electron chi connectivity index (χ0n) is 12.3. The van der Waals surface area contributed by atoms with Gasteiger partial charge < -0.3 is 20.4 Å². The van der Waals surface area contributed by atoms with E-state index in [1.54, 1.807) is 0 Å². The number of hydrogen-bond donors (Lipinski definition) is 4. The highest BCUT2D eigenvalue weighted by molar-refractivity contribution is 4.74. The molecule has 19 heavy (non-hydrogen) atoms. The molecular formula is C15H32O4. The van der Waals surface area contributed by atoms with Gasteiger partial charge in [-0.25, -0.2) is 0 Å². The van der Waals surface area contributed by atoms with Gasteiger partial charge in [0.25, 0.3) is 0 Å². The van der Waals surface area contributed by atoms with Crippen molar-refractivity contribution in [2.45, 2.75) is 89.4 Å². The number of hydrogen-bond acceptors (Lipinski definition) is 4. The summed E-state index contributed by atoms with van der Waals surface area (Å²) in [6.07, 6.45) is 7.91. The van der Waals surface area contributed by atoms with E-state index < -0.39 is 24.9 Å². The van der Waals surface area contributed by atoms with Crippen LogP contribution in [0.2, 0.25) is 0 Å². The summed E-state index contributed by atoms with van der Waals surface area (Å²) >= 11 is 0. The SMILES string of the molecule is CCCCCCCCCCC[C@H](O)[C@H](O)[C@H](O)CO. The first-order chi connectivity index (χ1) is 9.13. The topological polar surface area (TPSA) is 80.9 Å². The van der Waals surface area contributed by atoms with Crippen LogP contribution in [-0.4, -0.2) is 45.3 Å². The summed E-state index contributed by atoms with van der Waals surface area (Å²) < 4.78 is 0. The molecule has 0 aliphatic carbocycles. The summed E-state index contributed by atoms with van der Waals surface area (Å²) in [5.41, 5.74) is 0. The third-order valence-corrected chi connectivity index (χ3v) is 3.58. The summed E-state index contributed by atoms with van der Waals surface area (Å²) in [6, 6.07) is 0. The first-order valence-electron chi connectivity index (χ1n) is 7.78. The Hall–Kier alpha value is -0.160. The average molecular weight is 276 g/mol. The van der Waals surface area contributed by atoms with Gasteiger partial charge in [0.1, 0.15) is 12.2 Å². The summed E-state index contributed by atoms with van der Waals surface area (Å²) in [7, 11) is 0. The van der Waals surface area contributed by atoms with Crippen molar-refractivity contribution in [1.82, 2.24) is 0 Å². The van der Waals surface area contributed by atoms with Gasteiger partial charge in [-0.05, 0) is 6.42 Å². The number of unbranched alkanes of at least 4 members (excludes halogenated alkanes) is 8. The zero-order valence-corrected chi connectivity index (χ0v) is 12.3. The van der Waals surface area contributed by atoms with E-state index in [4.69, 9.17) is 5.11 Å². The smallest absolute Gasteiger partial charge is 0.108 e. The highest BCUT2D eigenvalue weighted by atomic mass is 16.4. The molecule has 0 aromatic carbocycles. The van der Waals surface area contributed by atoms with Crippen LogP contribution >= 0.6 is 0 Å². The maximum absolute atomic E-state index is 9.60. The van der Waals surface area contributed by atoms with Gasteiger partial charge in [-0.15, -0.1) is 0 Å². The van der Waals surface area contributed by atoms with E-state index in [1.807, 2.05) is 0 Å². The summed E-state index contributed by atoms with van der Waals surface area (Å²) in [5.74, 6) is 0. The van der Waals surface area contributed by atoms with E-state index in [0.29, 0.717) is 6.42 Å². The van der Waals surface area contributed by atoms with E-state index in [0.717, 1.165) is 19.3 Å². The molecule has 0 unspecified atom stereocenters. The van der Waals surface area contributed by atoms with Crippen LogP contribution in [0.25, 0.3) is 0 Å². The van der Waals surface area contributed by atoms with E-state index in [-0.39, 0.29) is 0 Å². The van der Waals surface area contributed by atoms with Crippen LogP contribution in [-0.2, 0) is 0 Å². The van der Waals surface area contributed by atoms with Gasteiger partial charge in [-0.2, -0.15) is 0 Å². The number of aliphatic hydroxyl groups excluding tert-OH is 4. The lowest BCUT2D eigenvalue weighted by Gasteiger charge is -2.21. The first kappa shape index (κ1) is 18.8. The molecule has 0 rings (SSSR count). The third kappa shape index (κ3) is 10.3. The lowest BCUT2D eigenvalue weighted by Crippen LogP contribution is -2.39. The van der Waals surface area contributed by atoms with Crippen molar-refractivity contribution in [1.29, 1.82) is 0 Å². The zero-order chi connectivity index (χ0) is 14.5. The van der Waals surface area contributed by atoms with Gasteiger partial charge >= 0.3 is 0 Å². The van der Waals surface area contributed by atoms with Crippen LogP contribution in [0.4, 0.5) is 0 Å². The van der Waals surface area contributed by atoms with Crippen LogP contribution in [0.15, 0.2) is 0 Å². The van der Waals surface area contributed by atoms with E-state index in [9.17, 15) is 15.3 Å². The standard InChI is InChI=1S/C15H32O4/c1-2-3-4-5-6-7-8-9-10-11-13(17)15(19)14(18)12-16/h13-19H,2-12H2,1H3/t13-,14+,15-/m0/s1. The molecule has 0 aromatic heterocycles. The molecule has 3 atom stereocenters. The molecule has 4 heteroatoms. The fraction of sp³-hybridized carbons (Fsp3) is 1.00. The normalized spacial score (nSPS) is 16.3. The average Bonchev–Trinajstić information content (AvgIpc) is 2.43. The molecule has 4 N–H and O–H groups in total. The molecule has 0 aliphatic rings. The van der Waals surface area contributed by atoms with Crippen LogP contribution < -0.4 is 0 Å². The van der Waals surface area contributed by atoms with Gasteiger partial charge in [0.2, 0.25) is 0 Å². The van der Waals surface area contributed by atoms with Gasteiger partial charge in [0, 0.05) is 0 Å². The maximum Gasteiger partial charge on any atom is 0.108 e. The second-order valence-electron chi connectivity index (χ2n) is 5.42. The molecule has 116 valence electrons. The van der Waals surface area contributed by atoms with Gasteiger partial charge in [0.05, 0.1) is 12.7 Å². The third-order valence-electron chi connectivity index (χ3n) is 3.58. The second-order valence-corrected chi connectivity index (χ2v) is 5.42. The van der Waals surface area contributed by atoms with Crippen molar-refractivity contribution < 1.29 is 20.4 Å². The predicted octanol–water partition coefficient (Wildman–Crippen LogP) is 1.98. The minimum atomic E-state index is -1.24. The summed E-state index contributed by atoms with van der Waals surface area (Å²) in [5, 5.41) is 36.9. The Balaban J connectivity index is 3.34. The van der Waals surface area contributed by atoms with Crippen LogP contribution in [0.5, 0.6) is 0 Å². The van der Waals surface area contributed by atoms with Crippen molar-refractivity contribution in [2.75, 3.05) is 6.61 Å². The van der Waals surface area contributed by atoms with Crippen LogP contribution in [0, 0.1) is 0 Å². The first-order valence-corrected chi connectivity index (χ1v) is 7.78. The minimum Gasteiger partial charge on any atom is -0.394 e. The van der Waals surface area contributed by atoms with E-state index in [1.165, 1.54) is 38.5 Å². The lowest BCUT2D eigenvalue weighted by atomic mass is 10.0. The van der Waals surface area contributed by atoms with E-state index >= 15 is 0 Å². The molecule has 0 bridgehead atoms. The highest BCUT2D eigenvalue weighted by Crippen LogP contribution is 2.13. The van der Waals surface area contributed by atoms with Crippen molar-refractivity contribution in [3.8, 4) is 0 Å². The second kappa shape index (κ2) is 12.9. The molecule has 0 spiro atoms. The van der Waals surface area contributed by atoms with Gasteiger partial charge in [-0.3, -0.25) is 0 Å². The fourth-order valence-corrected chi connectivity index (χ4v) is 2.20. The molecule has 0 aromatic rings. The molecule has 0 saturated heterocycles. The Morgan fingerprint density at radius 3 is 1.63 bits per heavy atom. The van der Waals surface area contributed by atoms with E-state index in [2.05, 4.69) is 6.92 Å². The molecule has 4 nitrogen and oxygen atoms in total. The summed E-state index contributed by atoms with van der Waals surface area (Å²) in [4.78, 5) is 0. The van der Waals surface area contributed by atoms with Gasteiger partial charge in [-0.1, -0.05) is 64.7 Å². The maximum atomic E-state index is 9.60. The summed E-state index contributed by atoms with van der Waals surface area (Å²) in [6.45, 7) is 1.70. The van der Waals surface area contributed by atoms with Crippen molar-refractivity contribution in [3.63, 3.8) is 0 Å². The molecule has 0 fully saturated rings. The van der Waals surface area contributed by atoms with Crippen molar-refractivity contribution in [2.24, 2.45) is 0 Å². The molecule has 0 saturated carbocycles. The molecule has 0 aliphatic heterocycles. The molecule has 0 radical (unpaired) electrons. The fourth-order valence-electron chi connectivity index (χ4n) is 2.20. The highest BCUT2D eigenvalue weighted by Gasteiger charge is 2.23. The van der Waals surface area contributed by atoms with Crippen LogP contribution in [0.3, 0.4) is 0 Å². The minimum absolute atomic E-state index is 0.480. The number of rotatable bonds is 13. The van der Waals surface area contributed by atoms with Gasteiger partial charge in [0.15, 0.2) is 0 Å². The Labute approximate surface area is 117 Å². The Morgan fingerprint density at radius 1 is 0.684 bits per heavy atom. The Kier molecular flexibility index (Phi) is 12.7. The molecular weight excluding hydrogens is 244 g/mol. The molecule has 0 amide bonds. The van der Waals surface area contributed by atoms with Crippen LogP contribution in [0.1, 0.15) is 71.1 Å². The Bertz CT molecular complexity index is 187. The predicted molar refractivity (Wildman–Crippen MR) is 77.0 cm³/mol. The quantitative estimate of drug-likeness (QED) is 0.388. The largest absolute Gasteiger partial charge is 0.394 e. The monoisotopic (exact) mass is 276 g/mol. The Morgan fingerprint density at radius 2 is 1.16 bits per heavy atom. The molecule has 0 heterocycles. The number of aliphatic hydroxyl groups is 4. The lowest BCUT2D eigenvalue weighted by molar-refractivity contribution is -0.0787. The van der Waals surface area contributed by atoms with Crippen molar-refractivity contribution >= 4 is 0 Å².